The first-order valence-corrected chi connectivity index (χ1v) is 32.8. The van der Waals surface area contributed by atoms with Gasteiger partial charge in [0.05, 0.1) is 0 Å². The summed E-state index contributed by atoms with van der Waals surface area (Å²) in [6.07, 6.45) is 65.2. The fraction of sp³-hybridized carbons (Fsp3) is 0.955. The maximum absolute atomic E-state index is 12.9. The first-order chi connectivity index (χ1) is 35.3. The lowest BCUT2D eigenvalue weighted by Crippen LogP contribution is -2.30. The van der Waals surface area contributed by atoms with Crippen LogP contribution in [-0.4, -0.2) is 37.2 Å². The van der Waals surface area contributed by atoms with E-state index < -0.39 is 6.10 Å². The van der Waals surface area contributed by atoms with Gasteiger partial charge >= 0.3 is 17.9 Å². The molecule has 6 heteroatoms. The summed E-state index contributed by atoms with van der Waals surface area (Å²) in [7, 11) is 0. The van der Waals surface area contributed by atoms with Crippen molar-refractivity contribution in [3.63, 3.8) is 0 Å². The van der Waals surface area contributed by atoms with Gasteiger partial charge in [0.25, 0.3) is 0 Å². The molecule has 0 aliphatic carbocycles. The van der Waals surface area contributed by atoms with Gasteiger partial charge < -0.3 is 14.2 Å². The molecule has 0 N–H and O–H groups in total. The Morgan fingerprint density at radius 3 is 0.722 bits per heavy atom. The van der Waals surface area contributed by atoms with Gasteiger partial charge in [-0.25, -0.2) is 0 Å². The average molecular weight is 1020 g/mol. The lowest BCUT2D eigenvalue weighted by molar-refractivity contribution is -0.167. The molecule has 0 aromatic heterocycles. The van der Waals surface area contributed by atoms with Crippen LogP contribution in [0, 0.1) is 11.8 Å². The number of unbranched alkanes of at least 4 members (excludes halogenated alkanes) is 43. The van der Waals surface area contributed by atoms with Gasteiger partial charge in [-0.15, -0.1) is 0 Å². The molecule has 6 nitrogen and oxygen atoms in total. The van der Waals surface area contributed by atoms with E-state index in [1.165, 1.54) is 263 Å². The Morgan fingerprint density at radius 1 is 0.278 bits per heavy atom. The Labute approximate surface area is 450 Å². The number of hydrogen-bond donors (Lipinski definition) is 0. The molecule has 428 valence electrons. The molecule has 0 saturated heterocycles. The molecule has 0 aromatic carbocycles. The van der Waals surface area contributed by atoms with E-state index in [1.807, 2.05) is 0 Å². The third kappa shape index (κ3) is 56.1. The van der Waals surface area contributed by atoms with Crippen LogP contribution in [0.5, 0.6) is 0 Å². The number of rotatable bonds is 60. The molecular formula is C66H128O6. The largest absolute Gasteiger partial charge is 0.462 e. The zero-order valence-corrected chi connectivity index (χ0v) is 49.6. The van der Waals surface area contributed by atoms with Crippen molar-refractivity contribution >= 4 is 17.9 Å². The van der Waals surface area contributed by atoms with E-state index in [4.69, 9.17) is 14.2 Å². The summed E-state index contributed by atoms with van der Waals surface area (Å²) < 4.78 is 17.0. The Morgan fingerprint density at radius 2 is 0.486 bits per heavy atom. The smallest absolute Gasteiger partial charge is 0.306 e. The van der Waals surface area contributed by atoms with Crippen LogP contribution in [0.4, 0.5) is 0 Å². The Bertz CT molecular complexity index is 1110. The van der Waals surface area contributed by atoms with Gasteiger partial charge in [0.2, 0.25) is 0 Å². The fourth-order valence-electron chi connectivity index (χ4n) is 10.2. The van der Waals surface area contributed by atoms with Crippen LogP contribution < -0.4 is 0 Å². The number of ether oxygens (including phenoxy) is 3. The Balaban J connectivity index is 4.26. The van der Waals surface area contributed by atoms with Crippen LogP contribution >= 0.6 is 0 Å². The minimum Gasteiger partial charge on any atom is -0.462 e. The number of esters is 3. The van der Waals surface area contributed by atoms with Crippen molar-refractivity contribution < 1.29 is 28.6 Å². The van der Waals surface area contributed by atoms with Crippen LogP contribution in [-0.2, 0) is 28.6 Å². The van der Waals surface area contributed by atoms with Crippen molar-refractivity contribution in [3.05, 3.63) is 0 Å². The zero-order valence-electron chi connectivity index (χ0n) is 49.6. The molecule has 0 fully saturated rings. The van der Waals surface area contributed by atoms with Gasteiger partial charge in [-0.3, -0.25) is 14.4 Å². The number of carbonyl (C=O) groups is 3. The van der Waals surface area contributed by atoms with Crippen LogP contribution in [0.1, 0.15) is 375 Å². The standard InChI is InChI=1S/C66H128O6/c1-6-9-10-11-12-13-14-15-16-17-21-25-28-31-38-43-48-53-58-66(69)72-63(60-71-65(68)57-52-47-42-37-33-32-35-40-45-50-55-62(5)8-3)59-70-64(67)56-51-46-41-36-30-27-24-22-19-18-20-23-26-29-34-39-44-49-54-61(4)7-2/h61-63H,6-60H2,1-5H3/t61?,62?,63-/m0/s1. The minimum atomic E-state index is -0.764. The van der Waals surface area contributed by atoms with Crippen molar-refractivity contribution in [2.45, 2.75) is 381 Å². The summed E-state index contributed by atoms with van der Waals surface area (Å²) in [5.74, 6) is 0.949. The maximum Gasteiger partial charge on any atom is 0.306 e. The summed E-state index contributed by atoms with van der Waals surface area (Å²) in [5, 5.41) is 0. The van der Waals surface area contributed by atoms with E-state index in [2.05, 4.69) is 34.6 Å². The molecule has 3 atom stereocenters. The van der Waals surface area contributed by atoms with E-state index in [-0.39, 0.29) is 31.1 Å². The predicted molar refractivity (Wildman–Crippen MR) is 312 cm³/mol. The van der Waals surface area contributed by atoms with E-state index >= 15 is 0 Å². The average Bonchev–Trinajstić information content (AvgIpc) is 3.38. The predicted octanol–water partition coefficient (Wildman–Crippen LogP) is 22.0. The monoisotopic (exact) mass is 1020 g/mol. The third-order valence-electron chi connectivity index (χ3n) is 15.9. The Kier molecular flexibility index (Phi) is 57.4. The van der Waals surface area contributed by atoms with Gasteiger partial charge in [-0.1, -0.05) is 336 Å². The first-order valence-electron chi connectivity index (χ1n) is 32.8. The molecule has 0 aromatic rings. The third-order valence-corrected chi connectivity index (χ3v) is 15.9. The van der Waals surface area contributed by atoms with Gasteiger partial charge in [0.15, 0.2) is 6.10 Å². The molecule has 0 amide bonds. The van der Waals surface area contributed by atoms with E-state index in [1.54, 1.807) is 0 Å². The molecule has 0 heterocycles. The van der Waals surface area contributed by atoms with Crippen molar-refractivity contribution in [2.75, 3.05) is 13.2 Å². The minimum absolute atomic E-state index is 0.0619. The Hall–Kier alpha value is -1.59. The van der Waals surface area contributed by atoms with Crippen molar-refractivity contribution in [1.29, 1.82) is 0 Å². The molecule has 0 aliphatic heterocycles. The van der Waals surface area contributed by atoms with Crippen LogP contribution in [0.15, 0.2) is 0 Å². The summed E-state index contributed by atoms with van der Waals surface area (Å²) in [6.45, 7) is 11.5. The van der Waals surface area contributed by atoms with E-state index in [0.29, 0.717) is 19.3 Å². The lowest BCUT2D eigenvalue weighted by Gasteiger charge is -2.18. The first kappa shape index (κ1) is 70.4. The molecule has 0 saturated carbocycles. The maximum atomic E-state index is 12.9. The van der Waals surface area contributed by atoms with Gasteiger partial charge in [0, 0.05) is 19.3 Å². The van der Waals surface area contributed by atoms with Crippen molar-refractivity contribution in [1.82, 2.24) is 0 Å². The molecule has 72 heavy (non-hydrogen) atoms. The van der Waals surface area contributed by atoms with Gasteiger partial charge in [0.1, 0.15) is 13.2 Å². The van der Waals surface area contributed by atoms with Gasteiger partial charge in [-0.05, 0) is 31.1 Å². The number of hydrogen-bond acceptors (Lipinski definition) is 6. The highest BCUT2D eigenvalue weighted by molar-refractivity contribution is 5.71. The highest BCUT2D eigenvalue weighted by Gasteiger charge is 2.19. The highest BCUT2D eigenvalue weighted by Crippen LogP contribution is 2.20. The SMILES string of the molecule is CCCCCCCCCCCCCCCCCCCCC(=O)O[C@@H](COC(=O)CCCCCCCCCCCCCCCCCCCCC(C)CC)COC(=O)CCCCCCCCCCCCC(C)CC. The second-order valence-electron chi connectivity index (χ2n) is 23.2. The lowest BCUT2D eigenvalue weighted by atomic mass is 9.99. The number of carbonyl (C=O) groups excluding carboxylic acids is 3. The van der Waals surface area contributed by atoms with Crippen molar-refractivity contribution in [3.8, 4) is 0 Å². The van der Waals surface area contributed by atoms with Crippen LogP contribution in [0.25, 0.3) is 0 Å². The molecule has 2 unspecified atom stereocenters. The molecular weight excluding hydrogens is 889 g/mol. The van der Waals surface area contributed by atoms with E-state index in [0.717, 1.165) is 69.6 Å². The topological polar surface area (TPSA) is 78.9 Å². The second-order valence-corrected chi connectivity index (χ2v) is 23.2. The summed E-state index contributed by atoms with van der Waals surface area (Å²) in [6, 6.07) is 0. The summed E-state index contributed by atoms with van der Waals surface area (Å²) in [4.78, 5) is 38.3. The van der Waals surface area contributed by atoms with Crippen LogP contribution in [0.2, 0.25) is 0 Å². The molecule has 0 spiro atoms. The normalized spacial score (nSPS) is 12.8. The highest BCUT2D eigenvalue weighted by atomic mass is 16.6. The van der Waals surface area contributed by atoms with Crippen LogP contribution in [0.3, 0.4) is 0 Å². The van der Waals surface area contributed by atoms with E-state index in [9.17, 15) is 14.4 Å². The molecule has 0 bridgehead atoms. The fourth-order valence-corrected chi connectivity index (χ4v) is 10.2. The van der Waals surface area contributed by atoms with Gasteiger partial charge in [-0.2, -0.15) is 0 Å². The summed E-state index contributed by atoms with van der Waals surface area (Å²) in [5.41, 5.74) is 0. The molecule has 0 aliphatic rings. The van der Waals surface area contributed by atoms with Crippen molar-refractivity contribution in [2.24, 2.45) is 11.8 Å². The summed E-state index contributed by atoms with van der Waals surface area (Å²) >= 11 is 0. The quantitative estimate of drug-likeness (QED) is 0.0343. The molecule has 0 rings (SSSR count). The molecule has 0 radical (unpaired) electrons. The second kappa shape index (κ2) is 58.7. The zero-order chi connectivity index (χ0) is 52.5.